The maximum absolute atomic E-state index is 12.8. The molecule has 0 heterocycles. The molecule has 0 radical (unpaired) electrons. The molecule has 0 saturated heterocycles. The Hall–Kier alpha value is -1.35. The summed E-state index contributed by atoms with van der Waals surface area (Å²) in [6.45, 7) is 6.52. The lowest BCUT2D eigenvalue weighted by Gasteiger charge is -2.13. The number of nitrogens with one attached hydrogen (secondary N) is 1. The molecule has 0 amide bonds. The van der Waals surface area contributed by atoms with E-state index in [2.05, 4.69) is 44.3 Å². The molecule has 2 nitrogen and oxygen atoms in total. The van der Waals surface area contributed by atoms with Gasteiger partial charge in [0.05, 0.1) is 0 Å². The Kier molecular flexibility index (Phi) is 6.57. The molecule has 19 heavy (non-hydrogen) atoms. The van der Waals surface area contributed by atoms with Crippen LogP contribution in [0.3, 0.4) is 0 Å². The summed E-state index contributed by atoms with van der Waals surface area (Å²) in [4.78, 5) is 0. The highest BCUT2D eigenvalue weighted by Gasteiger charge is 2.06. The first-order valence-electron chi connectivity index (χ1n) is 6.89. The third-order valence-electron chi connectivity index (χ3n) is 3.12. The summed E-state index contributed by atoms with van der Waals surface area (Å²) in [6, 6.07) is 6.19. The van der Waals surface area contributed by atoms with Crippen LogP contribution in [0.1, 0.15) is 30.0 Å². The predicted octanol–water partition coefficient (Wildman–Crippen LogP) is 3.03. The van der Waals surface area contributed by atoms with Crippen LogP contribution in [0.4, 0.5) is 4.39 Å². The van der Waals surface area contributed by atoms with Crippen LogP contribution in [0, 0.1) is 13.8 Å². The molecular weight excluding hydrogens is 239 g/mol. The summed E-state index contributed by atoms with van der Waals surface area (Å²) in [7, 11) is 0. The number of allylic oxidation sites excluding steroid dienone is 1. The Labute approximate surface area is 115 Å². The van der Waals surface area contributed by atoms with Crippen LogP contribution in [0.5, 0.6) is 0 Å². The van der Waals surface area contributed by atoms with Crippen molar-refractivity contribution in [2.24, 2.45) is 5.73 Å². The van der Waals surface area contributed by atoms with Crippen LogP contribution in [-0.4, -0.2) is 19.3 Å². The largest absolute Gasteiger partial charge is 0.386 e. The van der Waals surface area contributed by atoms with Gasteiger partial charge >= 0.3 is 0 Å². The predicted molar refractivity (Wildman–Crippen MR) is 79.9 cm³/mol. The lowest BCUT2D eigenvalue weighted by atomic mass is 9.99. The average molecular weight is 264 g/mol. The van der Waals surface area contributed by atoms with Gasteiger partial charge in [-0.25, -0.2) is 4.39 Å². The van der Waals surface area contributed by atoms with Crippen molar-refractivity contribution in [1.29, 1.82) is 0 Å². The van der Waals surface area contributed by atoms with E-state index in [0.29, 0.717) is 5.70 Å². The van der Waals surface area contributed by atoms with E-state index in [0.717, 1.165) is 19.4 Å². The molecule has 0 aliphatic rings. The summed E-state index contributed by atoms with van der Waals surface area (Å²) >= 11 is 0. The topological polar surface area (TPSA) is 38.0 Å². The zero-order valence-electron chi connectivity index (χ0n) is 12.2. The minimum Gasteiger partial charge on any atom is -0.386 e. The number of alkyl halides is 1. The molecule has 1 aromatic carbocycles. The molecule has 0 aliphatic carbocycles. The van der Waals surface area contributed by atoms with E-state index >= 15 is 0 Å². The first-order chi connectivity index (χ1) is 9.06. The normalized spacial score (nSPS) is 13.4. The molecule has 1 rings (SSSR count). The molecule has 0 fully saturated rings. The third-order valence-corrected chi connectivity index (χ3v) is 3.12. The number of hydrogen-bond acceptors (Lipinski definition) is 2. The van der Waals surface area contributed by atoms with E-state index in [1.54, 1.807) is 6.08 Å². The first kappa shape index (κ1) is 15.7. The molecule has 1 atom stereocenters. The zero-order valence-corrected chi connectivity index (χ0v) is 12.2. The van der Waals surface area contributed by atoms with Gasteiger partial charge in [-0.15, -0.1) is 0 Å². The van der Waals surface area contributed by atoms with Gasteiger partial charge < -0.3 is 11.1 Å². The molecular formula is C16H25FN2. The van der Waals surface area contributed by atoms with Crippen LogP contribution in [0.2, 0.25) is 0 Å². The van der Waals surface area contributed by atoms with Crippen molar-refractivity contribution in [2.75, 3.05) is 13.2 Å². The van der Waals surface area contributed by atoms with Gasteiger partial charge in [0, 0.05) is 18.3 Å². The van der Waals surface area contributed by atoms with Crippen molar-refractivity contribution in [3.8, 4) is 0 Å². The monoisotopic (exact) mass is 264 g/mol. The van der Waals surface area contributed by atoms with Crippen LogP contribution in [-0.2, 0) is 6.42 Å². The number of aryl methyl sites for hydroxylation is 2. The Bertz CT molecular complexity index is 427. The molecule has 1 aromatic rings. The van der Waals surface area contributed by atoms with E-state index in [1.807, 2.05) is 0 Å². The maximum Gasteiger partial charge on any atom is 0.129 e. The SMILES string of the molecule is CCCN/C(=C/C(N)Cc1ccc(C)cc1C)CF. The summed E-state index contributed by atoms with van der Waals surface area (Å²) in [5.41, 5.74) is 10.4. The van der Waals surface area contributed by atoms with Gasteiger partial charge in [-0.05, 0) is 43.9 Å². The number of benzene rings is 1. The van der Waals surface area contributed by atoms with E-state index < -0.39 is 6.67 Å². The van der Waals surface area contributed by atoms with Crippen LogP contribution in [0.15, 0.2) is 30.0 Å². The zero-order chi connectivity index (χ0) is 14.3. The minimum atomic E-state index is -0.486. The summed E-state index contributed by atoms with van der Waals surface area (Å²) in [5.74, 6) is 0. The van der Waals surface area contributed by atoms with E-state index in [9.17, 15) is 4.39 Å². The first-order valence-corrected chi connectivity index (χ1v) is 6.89. The van der Waals surface area contributed by atoms with Crippen LogP contribution in [0.25, 0.3) is 0 Å². The van der Waals surface area contributed by atoms with Gasteiger partial charge in [0.15, 0.2) is 0 Å². The van der Waals surface area contributed by atoms with E-state index in [-0.39, 0.29) is 6.04 Å². The van der Waals surface area contributed by atoms with Crippen molar-refractivity contribution >= 4 is 0 Å². The fourth-order valence-corrected chi connectivity index (χ4v) is 2.08. The second-order valence-electron chi connectivity index (χ2n) is 5.05. The molecule has 0 aromatic heterocycles. The van der Waals surface area contributed by atoms with Crippen LogP contribution >= 0.6 is 0 Å². The summed E-state index contributed by atoms with van der Waals surface area (Å²) in [5, 5.41) is 3.07. The molecule has 0 saturated carbocycles. The van der Waals surface area contributed by atoms with E-state index in [4.69, 9.17) is 5.73 Å². The Morgan fingerprint density at radius 2 is 2.16 bits per heavy atom. The van der Waals surface area contributed by atoms with Crippen molar-refractivity contribution in [2.45, 2.75) is 39.7 Å². The van der Waals surface area contributed by atoms with Gasteiger partial charge in [-0.2, -0.15) is 0 Å². The van der Waals surface area contributed by atoms with Crippen molar-refractivity contribution in [3.63, 3.8) is 0 Å². The lowest BCUT2D eigenvalue weighted by Crippen LogP contribution is -2.25. The molecule has 3 heteroatoms. The molecule has 3 N–H and O–H groups in total. The lowest BCUT2D eigenvalue weighted by molar-refractivity contribution is 0.512. The van der Waals surface area contributed by atoms with E-state index in [1.165, 1.54) is 16.7 Å². The number of halogens is 1. The number of rotatable bonds is 7. The highest BCUT2D eigenvalue weighted by atomic mass is 19.1. The molecule has 1 unspecified atom stereocenters. The van der Waals surface area contributed by atoms with Crippen LogP contribution < -0.4 is 11.1 Å². The quantitative estimate of drug-likeness (QED) is 0.794. The second-order valence-corrected chi connectivity index (χ2v) is 5.05. The van der Waals surface area contributed by atoms with Gasteiger partial charge in [0.1, 0.15) is 6.67 Å². The molecule has 106 valence electrons. The summed E-state index contributed by atoms with van der Waals surface area (Å²) < 4.78 is 12.8. The van der Waals surface area contributed by atoms with Gasteiger partial charge in [0.25, 0.3) is 0 Å². The number of hydrogen-bond donors (Lipinski definition) is 2. The Morgan fingerprint density at radius 3 is 2.74 bits per heavy atom. The maximum atomic E-state index is 12.8. The number of nitrogens with two attached hydrogens (primary N) is 1. The average Bonchev–Trinajstić information content (AvgIpc) is 2.38. The van der Waals surface area contributed by atoms with Gasteiger partial charge in [0.2, 0.25) is 0 Å². The third kappa shape index (κ3) is 5.43. The fourth-order valence-electron chi connectivity index (χ4n) is 2.08. The second kappa shape index (κ2) is 7.95. The van der Waals surface area contributed by atoms with Gasteiger partial charge in [-0.3, -0.25) is 0 Å². The van der Waals surface area contributed by atoms with Gasteiger partial charge in [-0.1, -0.05) is 30.7 Å². The fraction of sp³-hybridized carbons (Fsp3) is 0.500. The highest BCUT2D eigenvalue weighted by molar-refractivity contribution is 5.31. The molecule has 0 bridgehead atoms. The van der Waals surface area contributed by atoms with Crippen molar-refractivity contribution in [3.05, 3.63) is 46.7 Å². The summed E-state index contributed by atoms with van der Waals surface area (Å²) in [6.07, 6.45) is 3.52. The smallest absolute Gasteiger partial charge is 0.129 e. The standard InChI is InChI=1S/C16H25FN2/c1-4-7-19-16(11-17)10-15(18)9-14-6-5-12(2)8-13(14)3/h5-6,8,10,15,19H,4,7,9,11,18H2,1-3H3/b16-10+. The Balaban J connectivity index is 2.67. The minimum absolute atomic E-state index is 0.156. The van der Waals surface area contributed by atoms with Crippen molar-refractivity contribution < 1.29 is 4.39 Å². The van der Waals surface area contributed by atoms with Crippen molar-refractivity contribution in [1.82, 2.24) is 5.32 Å². The molecule has 0 spiro atoms. The Morgan fingerprint density at radius 1 is 1.42 bits per heavy atom. The highest BCUT2D eigenvalue weighted by Crippen LogP contribution is 2.13. The molecule has 0 aliphatic heterocycles.